The Bertz CT molecular complexity index is 316. The molecule has 0 saturated carbocycles. The molecule has 1 aromatic heterocycles. The van der Waals surface area contributed by atoms with Gasteiger partial charge in [0.25, 0.3) is 0 Å². The largest absolute Gasteiger partial charge is 0.382 e. The maximum absolute atomic E-state index is 5.38. The summed E-state index contributed by atoms with van der Waals surface area (Å²) in [5.41, 5.74) is 6.06. The van der Waals surface area contributed by atoms with Crippen molar-refractivity contribution in [2.45, 2.75) is 20.3 Å². The number of hydrogen-bond acceptors (Lipinski definition) is 3. The van der Waals surface area contributed by atoms with Crippen LogP contribution >= 0.6 is 0 Å². The van der Waals surface area contributed by atoms with Gasteiger partial charge in [0, 0.05) is 6.42 Å². The zero-order valence-electron chi connectivity index (χ0n) is 7.91. The Labute approximate surface area is 78.4 Å². The molecule has 1 heterocycles. The smallest absolute Gasteiger partial charge is 0.146 e. The van der Waals surface area contributed by atoms with Gasteiger partial charge in [-0.2, -0.15) is 0 Å². The Morgan fingerprint density at radius 1 is 1.38 bits per heavy atom. The van der Waals surface area contributed by atoms with Crippen LogP contribution in [-0.2, 0) is 0 Å². The van der Waals surface area contributed by atoms with Gasteiger partial charge in [0.05, 0.1) is 0 Å². The molecule has 0 saturated heterocycles. The van der Waals surface area contributed by atoms with Crippen LogP contribution in [0, 0.1) is 17.8 Å². The molecule has 1 aromatic rings. The van der Waals surface area contributed by atoms with Gasteiger partial charge in [0.15, 0.2) is 0 Å². The number of nitrogens with zero attached hydrogens (tertiary/aromatic N) is 2. The Morgan fingerprint density at radius 3 is 2.69 bits per heavy atom. The van der Waals surface area contributed by atoms with E-state index in [0.717, 1.165) is 6.42 Å². The van der Waals surface area contributed by atoms with E-state index in [1.165, 1.54) is 0 Å². The fraction of sp³-hybridized carbons (Fsp3) is 0.400. The lowest BCUT2D eigenvalue weighted by Gasteiger charge is -1.93. The van der Waals surface area contributed by atoms with Gasteiger partial charge in [0.2, 0.25) is 0 Å². The van der Waals surface area contributed by atoms with Crippen LogP contribution in [0.3, 0.4) is 0 Å². The maximum Gasteiger partial charge on any atom is 0.146 e. The lowest BCUT2D eigenvalue weighted by Crippen LogP contribution is -1.93. The maximum atomic E-state index is 5.38. The summed E-state index contributed by atoms with van der Waals surface area (Å²) in [5, 5.41) is 7.53. The van der Waals surface area contributed by atoms with E-state index < -0.39 is 0 Å². The quantitative estimate of drug-likeness (QED) is 0.657. The lowest BCUT2D eigenvalue weighted by molar-refractivity contribution is 0.676. The van der Waals surface area contributed by atoms with Crippen molar-refractivity contribution in [2.75, 3.05) is 5.73 Å². The standard InChI is InChI=1S/C10H13N3/c1-8(2)4-3-5-9-6-7-10(11)13-12-9/h6-8H,4H2,1-2H3,(H2,11,13). The predicted molar refractivity (Wildman–Crippen MR) is 52.8 cm³/mol. The third-order valence-electron chi connectivity index (χ3n) is 1.41. The van der Waals surface area contributed by atoms with Crippen molar-refractivity contribution >= 4 is 5.82 Å². The van der Waals surface area contributed by atoms with E-state index >= 15 is 0 Å². The van der Waals surface area contributed by atoms with E-state index in [1.807, 2.05) is 0 Å². The first kappa shape index (κ1) is 9.53. The van der Waals surface area contributed by atoms with Crippen molar-refractivity contribution in [3.63, 3.8) is 0 Å². The summed E-state index contributed by atoms with van der Waals surface area (Å²) in [6, 6.07) is 3.47. The molecule has 0 aliphatic carbocycles. The van der Waals surface area contributed by atoms with Crippen LogP contribution in [0.4, 0.5) is 5.82 Å². The highest BCUT2D eigenvalue weighted by molar-refractivity contribution is 5.32. The second kappa shape index (κ2) is 4.46. The molecular weight excluding hydrogens is 162 g/mol. The monoisotopic (exact) mass is 175 g/mol. The van der Waals surface area contributed by atoms with Crippen molar-refractivity contribution in [2.24, 2.45) is 5.92 Å². The van der Waals surface area contributed by atoms with E-state index in [0.29, 0.717) is 17.4 Å². The van der Waals surface area contributed by atoms with E-state index in [2.05, 4.69) is 35.9 Å². The number of anilines is 1. The summed E-state index contributed by atoms with van der Waals surface area (Å²) in [4.78, 5) is 0. The first-order valence-corrected chi connectivity index (χ1v) is 4.26. The molecule has 0 spiro atoms. The fourth-order valence-electron chi connectivity index (χ4n) is 0.755. The molecule has 0 radical (unpaired) electrons. The van der Waals surface area contributed by atoms with Crippen LogP contribution < -0.4 is 5.73 Å². The van der Waals surface area contributed by atoms with Crippen molar-refractivity contribution in [3.05, 3.63) is 17.8 Å². The lowest BCUT2D eigenvalue weighted by atomic mass is 10.1. The third kappa shape index (κ3) is 3.57. The summed E-state index contributed by atoms with van der Waals surface area (Å²) < 4.78 is 0. The van der Waals surface area contributed by atoms with Crippen LogP contribution in [-0.4, -0.2) is 10.2 Å². The van der Waals surface area contributed by atoms with Crippen molar-refractivity contribution in [1.82, 2.24) is 10.2 Å². The number of aromatic nitrogens is 2. The molecule has 0 amide bonds. The molecule has 0 aliphatic heterocycles. The second-order valence-corrected chi connectivity index (χ2v) is 3.24. The molecule has 0 aromatic carbocycles. The zero-order chi connectivity index (χ0) is 9.68. The molecule has 1 rings (SSSR count). The normalized spacial score (nSPS) is 9.46. The third-order valence-corrected chi connectivity index (χ3v) is 1.41. The highest BCUT2D eigenvalue weighted by Crippen LogP contribution is 1.98. The minimum Gasteiger partial charge on any atom is -0.382 e. The SMILES string of the molecule is CC(C)CC#Cc1ccc(N)nn1. The van der Waals surface area contributed by atoms with Crippen LogP contribution in [0.2, 0.25) is 0 Å². The van der Waals surface area contributed by atoms with Crippen molar-refractivity contribution < 1.29 is 0 Å². The van der Waals surface area contributed by atoms with Crippen LogP contribution in [0.25, 0.3) is 0 Å². The van der Waals surface area contributed by atoms with E-state index in [-0.39, 0.29) is 0 Å². The summed E-state index contributed by atoms with van der Waals surface area (Å²) in [7, 11) is 0. The van der Waals surface area contributed by atoms with Crippen molar-refractivity contribution in [3.8, 4) is 11.8 Å². The first-order chi connectivity index (χ1) is 6.18. The van der Waals surface area contributed by atoms with Gasteiger partial charge in [-0.05, 0) is 24.0 Å². The highest BCUT2D eigenvalue weighted by Gasteiger charge is 1.90. The molecule has 13 heavy (non-hydrogen) atoms. The predicted octanol–water partition coefficient (Wildman–Crippen LogP) is 1.46. The molecular formula is C10H13N3. The minimum atomic E-state index is 0.425. The van der Waals surface area contributed by atoms with Gasteiger partial charge in [-0.1, -0.05) is 19.8 Å². The molecule has 0 atom stereocenters. The van der Waals surface area contributed by atoms with E-state index in [9.17, 15) is 0 Å². The summed E-state index contributed by atoms with van der Waals surface area (Å²) in [6.07, 6.45) is 0.881. The molecule has 0 fully saturated rings. The topological polar surface area (TPSA) is 51.8 Å². The second-order valence-electron chi connectivity index (χ2n) is 3.24. The number of rotatable bonds is 1. The fourth-order valence-corrected chi connectivity index (χ4v) is 0.755. The molecule has 3 nitrogen and oxygen atoms in total. The van der Waals surface area contributed by atoms with E-state index in [4.69, 9.17) is 5.73 Å². The van der Waals surface area contributed by atoms with Gasteiger partial charge in [0.1, 0.15) is 11.5 Å². The van der Waals surface area contributed by atoms with Crippen LogP contribution in [0.15, 0.2) is 12.1 Å². The Hall–Kier alpha value is -1.56. The zero-order valence-corrected chi connectivity index (χ0v) is 7.91. The molecule has 68 valence electrons. The van der Waals surface area contributed by atoms with Crippen LogP contribution in [0.1, 0.15) is 26.0 Å². The summed E-state index contributed by atoms with van der Waals surface area (Å²) in [6.45, 7) is 4.26. The minimum absolute atomic E-state index is 0.425. The average molecular weight is 175 g/mol. The molecule has 0 bridgehead atoms. The Kier molecular flexibility index (Phi) is 3.27. The van der Waals surface area contributed by atoms with Crippen LogP contribution in [0.5, 0.6) is 0 Å². The molecule has 2 N–H and O–H groups in total. The average Bonchev–Trinajstić information content (AvgIpc) is 2.08. The van der Waals surface area contributed by atoms with E-state index in [1.54, 1.807) is 12.1 Å². The number of hydrogen-bond donors (Lipinski definition) is 1. The molecule has 3 heteroatoms. The van der Waals surface area contributed by atoms with Gasteiger partial charge < -0.3 is 5.73 Å². The highest BCUT2D eigenvalue weighted by atomic mass is 15.1. The summed E-state index contributed by atoms with van der Waals surface area (Å²) in [5.74, 6) is 6.97. The number of nitrogens with two attached hydrogens (primary N) is 1. The Morgan fingerprint density at radius 2 is 2.15 bits per heavy atom. The van der Waals surface area contributed by atoms with Gasteiger partial charge in [-0.15, -0.1) is 10.2 Å². The van der Waals surface area contributed by atoms with Gasteiger partial charge in [-0.3, -0.25) is 0 Å². The number of nitrogen functional groups attached to an aromatic ring is 1. The van der Waals surface area contributed by atoms with Crippen molar-refractivity contribution in [1.29, 1.82) is 0 Å². The molecule has 0 unspecified atom stereocenters. The molecule has 0 aliphatic rings. The van der Waals surface area contributed by atoms with Gasteiger partial charge in [-0.25, -0.2) is 0 Å². The van der Waals surface area contributed by atoms with Gasteiger partial charge >= 0.3 is 0 Å². The first-order valence-electron chi connectivity index (χ1n) is 4.26. The summed E-state index contributed by atoms with van der Waals surface area (Å²) >= 11 is 0. The Balaban J connectivity index is 2.62.